The molecule has 0 spiro atoms. The summed E-state index contributed by atoms with van der Waals surface area (Å²) < 4.78 is 0. The van der Waals surface area contributed by atoms with Gasteiger partial charge in [-0.2, -0.15) is 0 Å². The molecule has 0 aromatic heterocycles. The summed E-state index contributed by atoms with van der Waals surface area (Å²) in [6.45, 7) is 7.02. The molecule has 2 N–H and O–H groups in total. The maximum Gasteiger partial charge on any atom is 0.115 e. The number of rotatable bonds is 2. The lowest BCUT2D eigenvalue weighted by molar-refractivity contribution is 0.155. The van der Waals surface area contributed by atoms with Gasteiger partial charge in [-0.1, -0.05) is 45.0 Å². The van der Waals surface area contributed by atoms with Gasteiger partial charge in [0.15, 0.2) is 0 Å². The predicted octanol–water partition coefficient (Wildman–Crippen LogP) is 5.21. The van der Waals surface area contributed by atoms with Crippen molar-refractivity contribution < 1.29 is 10.2 Å². The van der Waals surface area contributed by atoms with Crippen LogP contribution in [0.2, 0.25) is 0 Å². The van der Waals surface area contributed by atoms with Gasteiger partial charge in [-0.05, 0) is 71.4 Å². The molecule has 4 unspecified atom stereocenters. The number of hydrogen-bond acceptors (Lipinski definition) is 2. The molecule has 1 saturated carbocycles. The van der Waals surface area contributed by atoms with E-state index >= 15 is 0 Å². The maximum atomic E-state index is 9.63. The van der Waals surface area contributed by atoms with Gasteiger partial charge in [0.2, 0.25) is 0 Å². The quantitative estimate of drug-likeness (QED) is 0.800. The van der Waals surface area contributed by atoms with Crippen molar-refractivity contribution in [3.8, 4) is 11.5 Å². The summed E-state index contributed by atoms with van der Waals surface area (Å²) in [5.74, 6) is 2.29. The van der Waals surface area contributed by atoms with Gasteiger partial charge in [-0.3, -0.25) is 0 Å². The van der Waals surface area contributed by atoms with Crippen molar-refractivity contribution in [3.05, 3.63) is 59.7 Å². The van der Waals surface area contributed by atoms with E-state index in [1.54, 1.807) is 24.3 Å². The minimum absolute atomic E-state index is 0.0295. The van der Waals surface area contributed by atoms with E-state index in [0.717, 1.165) is 6.42 Å². The van der Waals surface area contributed by atoms with Gasteiger partial charge in [-0.25, -0.2) is 0 Å². The maximum absolute atomic E-state index is 9.63. The van der Waals surface area contributed by atoms with Gasteiger partial charge >= 0.3 is 0 Å². The van der Waals surface area contributed by atoms with Crippen LogP contribution in [-0.4, -0.2) is 10.2 Å². The summed E-state index contributed by atoms with van der Waals surface area (Å²) >= 11 is 0. The van der Waals surface area contributed by atoms with Crippen LogP contribution in [0.1, 0.15) is 50.7 Å². The van der Waals surface area contributed by atoms with Crippen LogP contribution < -0.4 is 0 Å². The summed E-state index contributed by atoms with van der Waals surface area (Å²) in [6.07, 6.45) is 2.35. The van der Waals surface area contributed by atoms with Crippen molar-refractivity contribution in [1.82, 2.24) is 0 Å². The smallest absolute Gasteiger partial charge is 0.115 e. The number of phenolic OH excluding ortho intramolecular Hbond substituents is 2. The molecule has 0 bridgehead atoms. The highest BCUT2D eigenvalue weighted by atomic mass is 16.3. The van der Waals surface area contributed by atoms with E-state index in [0.29, 0.717) is 29.3 Å². The van der Waals surface area contributed by atoms with Crippen LogP contribution >= 0.6 is 0 Å². The second-order valence-corrected chi connectivity index (χ2v) is 7.56. The molecule has 0 amide bonds. The Morgan fingerprint density at radius 2 is 1.39 bits per heavy atom. The van der Waals surface area contributed by atoms with Crippen LogP contribution in [0, 0.1) is 11.8 Å². The van der Waals surface area contributed by atoms with Gasteiger partial charge < -0.3 is 10.2 Å². The second-order valence-electron chi connectivity index (χ2n) is 7.56. The molecule has 3 rings (SSSR count). The average molecular weight is 310 g/mol. The minimum atomic E-state index is 0.0295. The summed E-state index contributed by atoms with van der Waals surface area (Å²) in [4.78, 5) is 0. The molecular weight excluding hydrogens is 284 g/mol. The Bertz CT molecular complexity index is 659. The molecule has 122 valence electrons. The van der Waals surface area contributed by atoms with Gasteiger partial charge in [0.25, 0.3) is 0 Å². The zero-order valence-electron chi connectivity index (χ0n) is 14.2. The van der Waals surface area contributed by atoms with Crippen LogP contribution in [0.5, 0.6) is 11.5 Å². The SMILES string of the molecule is CC1CC(C)C(c2ccc(O)cc2)C(C)(c2ccc(O)cc2)C1. The molecule has 0 saturated heterocycles. The van der Waals surface area contributed by atoms with Crippen molar-refractivity contribution >= 4 is 0 Å². The zero-order valence-corrected chi connectivity index (χ0v) is 14.2. The van der Waals surface area contributed by atoms with E-state index in [1.165, 1.54) is 17.5 Å². The molecular formula is C21H26O2. The second kappa shape index (κ2) is 5.92. The third-order valence-corrected chi connectivity index (χ3v) is 5.58. The fourth-order valence-electron chi connectivity index (χ4n) is 4.85. The Morgan fingerprint density at radius 1 is 0.870 bits per heavy atom. The van der Waals surface area contributed by atoms with Crippen molar-refractivity contribution in [3.63, 3.8) is 0 Å². The van der Waals surface area contributed by atoms with E-state index in [1.807, 2.05) is 0 Å². The molecule has 0 heterocycles. The lowest BCUT2D eigenvalue weighted by Crippen LogP contribution is -2.40. The predicted molar refractivity (Wildman–Crippen MR) is 93.9 cm³/mol. The average Bonchev–Trinajstić information content (AvgIpc) is 2.49. The first kappa shape index (κ1) is 15.9. The summed E-state index contributed by atoms with van der Waals surface area (Å²) in [6, 6.07) is 15.4. The number of phenols is 2. The molecule has 1 aliphatic carbocycles. The first-order valence-electron chi connectivity index (χ1n) is 8.48. The summed E-state index contributed by atoms with van der Waals surface area (Å²) in [7, 11) is 0. The summed E-state index contributed by atoms with van der Waals surface area (Å²) in [5.41, 5.74) is 2.60. The fourth-order valence-corrected chi connectivity index (χ4v) is 4.85. The monoisotopic (exact) mass is 310 g/mol. The summed E-state index contributed by atoms with van der Waals surface area (Å²) in [5, 5.41) is 19.2. The topological polar surface area (TPSA) is 40.5 Å². The molecule has 2 aromatic carbocycles. The lowest BCUT2D eigenvalue weighted by atomic mass is 9.55. The van der Waals surface area contributed by atoms with E-state index in [2.05, 4.69) is 45.0 Å². The van der Waals surface area contributed by atoms with Crippen LogP contribution in [0.4, 0.5) is 0 Å². The number of benzene rings is 2. The zero-order chi connectivity index (χ0) is 16.6. The normalized spacial score (nSPS) is 31.0. The molecule has 0 radical (unpaired) electrons. The third kappa shape index (κ3) is 2.95. The van der Waals surface area contributed by atoms with Crippen molar-refractivity contribution in [2.45, 2.75) is 44.9 Å². The van der Waals surface area contributed by atoms with E-state index in [4.69, 9.17) is 0 Å². The Kier molecular flexibility index (Phi) is 4.09. The largest absolute Gasteiger partial charge is 0.508 e. The lowest BCUT2D eigenvalue weighted by Gasteiger charge is -2.48. The van der Waals surface area contributed by atoms with Gasteiger partial charge in [0.1, 0.15) is 11.5 Å². The third-order valence-electron chi connectivity index (χ3n) is 5.58. The Balaban J connectivity index is 2.08. The van der Waals surface area contributed by atoms with Crippen LogP contribution in [0.15, 0.2) is 48.5 Å². The molecule has 4 atom stereocenters. The first-order valence-corrected chi connectivity index (χ1v) is 8.48. The van der Waals surface area contributed by atoms with Gasteiger partial charge in [-0.15, -0.1) is 0 Å². The van der Waals surface area contributed by atoms with Crippen LogP contribution in [-0.2, 0) is 5.41 Å². The molecule has 2 heteroatoms. The molecule has 0 aliphatic heterocycles. The highest BCUT2D eigenvalue weighted by molar-refractivity contribution is 5.39. The number of aromatic hydroxyl groups is 2. The van der Waals surface area contributed by atoms with E-state index < -0.39 is 0 Å². The van der Waals surface area contributed by atoms with E-state index in [-0.39, 0.29) is 5.41 Å². The number of hydrogen-bond donors (Lipinski definition) is 2. The van der Waals surface area contributed by atoms with E-state index in [9.17, 15) is 10.2 Å². The standard InChI is InChI=1S/C21H26O2/c1-14-12-15(2)20(16-4-8-18(22)9-5-16)21(3,13-14)17-6-10-19(23)11-7-17/h4-11,14-15,20,22-23H,12-13H2,1-3H3. The molecule has 1 fully saturated rings. The van der Waals surface area contributed by atoms with Crippen molar-refractivity contribution in [2.75, 3.05) is 0 Å². The highest BCUT2D eigenvalue weighted by Crippen LogP contribution is 2.53. The van der Waals surface area contributed by atoms with Crippen molar-refractivity contribution in [1.29, 1.82) is 0 Å². The fraction of sp³-hybridized carbons (Fsp3) is 0.429. The van der Waals surface area contributed by atoms with Crippen molar-refractivity contribution in [2.24, 2.45) is 11.8 Å². The Hall–Kier alpha value is -1.96. The van der Waals surface area contributed by atoms with Crippen LogP contribution in [0.3, 0.4) is 0 Å². The minimum Gasteiger partial charge on any atom is -0.508 e. The highest BCUT2D eigenvalue weighted by Gasteiger charge is 2.44. The van der Waals surface area contributed by atoms with Gasteiger partial charge in [0.05, 0.1) is 0 Å². The van der Waals surface area contributed by atoms with Crippen LogP contribution in [0.25, 0.3) is 0 Å². The molecule has 2 nitrogen and oxygen atoms in total. The molecule has 23 heavy (non-hydrogen) atoms. The first-order chi connectivity index (χ1) is 10.9. The van der Waals surface area contributed by atoms with Gasteiger partial charge in [0, 0.05) is 0 Å². The Labute approximate surface area is 138 Å². The molecule has 1 aliphatic rings. The Morgan fingerprint density at radius 3 is 1.96 bits per heavy atom. The molecule has 2 aromatic rings.